The van der Waals surface area contributed by atoms with E-state index >= 15 is 9.59 Å². The number of rotatable bonds is 19. The Hall–Kier alpha value is -6.50. The summed E-state index contributed by atoms with van der Waals surface area (Å²) < 4.78 is 6.02. The van der Waals surface area contributed by atoms with Gasteiger partial charge in [-0.1, -0.05) is 95.2 Å². The fourth-order valence-corrected chi connectivity index (χ4v) is 11.0. The monoisotopic (exact) mass is 1260 g/mol. The van der Waals surface area contributed by atoms with Gasteiger partial charge in [0.15, 0.2) is 0 Å². The molecule has 1 aliphatic heterocycles. The SMILES string of the molecule is C/C=C/C[C@@H](C)[C@@H](O)[C@H]1C(=O)N[C@@H](CC)C(=O)N(C)CC(=O)N(C)[C@@H]([C@@H](C)OCCCC=O)C(=O)N[C@@H](C(C)C)C(=O)N(C)[C@@H](CC(C)C)C(=O)N[C@@H](C)C(=O)N[C@H](C)C(=O)N(C)[C@@H](CC(C)C)C(=O)N(C)[C@@H](CC(C)C)C(=O)N(C)[C@@H](C(C)C)C(=O)N1C. The van der Waals surface area contributed by atoms with Crippen LogP contribution in [0.5, 0.6) is 0 Å². The number of nitrogens with zero attached hydrogens (tertiary/aromatic N) is 7. The van der Waals surface area contributed by atoms with Crippen molar-refractivity contribution in [2.45, 2.75) is 228 Å². The second kappa shape index (κ2) is 37.6. The van der Waals surface area contributed by atoms with E-state index in [1.54, 1.807) is 60.6 Å². The number of amides is 11. The number of allylic oxidation sites excluding steroid dienone is 2. The molecule has 1 heterocycles. The zero-order valence-corrected chi connectivity index (χ0v) is 57.9. The van der Waals surface area contributed by atoms with E-state index in [-0.39, 0.29) is 69.3 Å². The van der Waals surface area contributed by atoms with Gasteiger partial charge in [0, 0.05) is 62.4 Å². The summed E-state index contributed by atoms with van der Waals surface area (Å²) in [4.78, 5) is 180. The number of hydrogen-bond donors (Lipinski definition) is 5. The molecule has 1 saturated heterocycles. The van der Waals surface area contributed by atoms with Gasteiger partial charge >= 0.3 is 0 Å². The summed E-state index contributed by atoms with van der Waals surface area (Å²) in [6.07, 6.45) is 2.78. The molecule has 508 valence electrons. The Balaban J connectivity index is 4.39. The van der Waals surface area contributed by atoms with Crippen LogP contribution >= 0.6 is 0 Å². The zero-order valence-electron chi connectivity index (χ0n) is 57.9. The highest BCUT2D eigenvalue weighted by Gasteiger charge is 2.46. The first-order valence-corrected chi connectivity index (χ1v) is 31.7. The van der Waals surface area contributed by atoms with Gasteiger partial charge < -0.3 is 70.2 Å². The predicted molar refractivity (Wildman–Crippen MR) is 340 cm³/mol. The summed E-state index contributed by atoms with van der Waals surface area (Å²) in [5, 5.41) is 23.0. The quantitative estimate of drug-likeness (QED) is 0.0706. The number of carbonyl (C=O) groups is 12. The highest BCUT2D eigenvalue weighted by Crippen LogP contribution is 2.26. The minimum Gasteiger partial charge on any atom is -0.390 e. The topological polar surface area (TPSA) is 305 Å². The number of nitrogens with one attached hydrogen (secondary N) is 4. The third-order valence-corrected chi connectivity index (χ3v) is 16.6. The van der Waals surface area contributed by atoms with Crippen molar-refractivity contribution < 1.29 is 67.4 Å². The van der Waals surface area contributed by atoms with Gasteiger partial charge in [-0.05, 0) is 102 Å². The number of hydrogen-bond acceptors (Lipinski definition) is 14. The third-order valence-electron chi connectivity index (χ3n) is 16.6. The molecule has 0 saturated carbocycles. The summed E-state index contributed by atoms with van der Waals surface area (Å²) in [6.45, 7) is 26.8. The van der Waals surface area contributed by atoms with Crippen LogP contribution in [-0.2, 0) is 62.3 Å². The maximum absolute atomic E-state index is 15.2. The molecule has 25 heteroatoms. The molecule has 1 rings (SSSR count). The first-order valence-electron chi connectivity index (χ1n) is 31.7. The zero-order chi connectivity index (χ0) is 68.8. The molecule has 0 aromatic rings. The van der Waals surface area contributed by atoms with Crippen molar-refractivity contribution in [3.63, 3.8) is 0 Å². The normalized spacial score (nSPS) is 26.5. The van der Waals surface area contributed by atoms with E-state index in [0.29, 0.717) is 6.29 Å². The van der Waals surface area contributed by atoms with Crippen molar-refractivity contribution in [1.82, 2.24) is 55.6 Å². The number of likely N-dealkylation sites (N-methyl/N-ethyl adjacent to an activating group) is 7. The molecule has 89 heavy (non-hydrogen) atoms. The van der Waals surface area contributed by atoms with Crippen molar-refractivity contribution in [2.75, 3.05) is 62.5 Å². The molecule has 0 aliphatic carbocycles. The van der Waals surface area contributed by atoms with Gasteiger partial charge in [0.05, 0.1) is 18.8 Å². The molecule has 5 N–H and O–H groups in total. The van der Waals surface area contributed by atoms with Gasteiger partial charge in [0.1, 0.15) is 66.7 Å². The second-order valence-corrected chi connectivity index (χ2v) is 26.3. The van der Waals surface area contributed by atoms with Crippen LogP contribution in [0.2, 0.25) is 0 Å². The summed E-state index contributed by atoms with van der Waals surface area (Å²) in [5.74, 6) is -10.4. The Morgan fingerprint density at radius 3 is 1.48 bits per heavy atom. The smallest absolute Gasteiger partial charge is 0.246 e. The molecule has 0 unspecified atom stereocenters. The van der Waals surface area contributed by atoms with Crippen LogP contribution in [0.3, 0.4) is 0 Å². The fourth-order valence-electron chi connectivity index (χ4n) is 11.0. The van der Waals surface area contributed by atoms with Gasteiger partial charge in [-0.25, -0.2) is 0 Å². The molecule has 1 aliphatic rings. The fraction of sp³-hybridized carbons (Fsp3) is 0.781. The second-order valence-electron chi connectivity index (χ2n) is 26.3. The Labute approximate surface area is 530 Å². The van der Waals surface area contributed by atoms with Crippen molar-refractivity contribution >= 4 is 71.3 Å². The molecule has 0 radical (unpaired) electrons. The largest absolute Gasteiger partial charge is 0.390 e. The summed E-state index contributed by atoms with van der Waals surface area (Å²) in [6, 6.07) is -13.0. The van der Waals surface area contributed by atoms with Gasteiger partial charge in [-0.3, -0.25) is 52.7 Å². The van der Waals surface area contributed by atoms with Gasteiger partial charge in [0.25, 0.3) is 0 Å². The van der Waals surface area contributed by atoms with Crippen molar-refractivity contribution in [2.24, 2.45) is 35.5 Å². The van der Waals surface area contributed by atoms with E-state index in [0.717, 1.165) is 14.7 Å². The van der Waals surface area contributed by atoms with Gasteiger partial charge in [-0.2, -0.15) is 0 Å². The molecule has 11 amide bonds. The number of unbranched alkanes of at least 4 members (excludes halogenated alkanes) is 1. The van der Waals surface area contributed by atoms with Crippen LogP contribution in [-0.4, -0.2) is 246 Å². The number of aliphatic hydroxyl groups is 1. The standard InChI is InChI=1S/C64H113N11O14/c1-24-26-29-41(13)54(78)53-58(82)67-45(25-2)60(84)69(17)35-49(77)73(21)52(44(16)89-31-28-27-30-76)57(81)68-50(39(9)10)63(87)70(18)46(32-36(3)4)56(80)65-42(14)55(79)66-43(15)59(83)71(19)47(33-37(5)6)61(85)72(20)48(34-38(7)8)62(86)74(22)51(40(11)12)64(88)75(53)23/h24,26,30,36-48,50-54,78H,25,27-29,31-35H2,1-23H3,(H,65,80)(H,66,79)(H,67,82)(H,68,81)/b26-24+/t41-,42+,43-,44-,45+,46+,47+,48+,50+,51+,52+,53+,54-/m1/s1. The highest BCUT2D eigenvalue weighted by atomic mass is 16.5. The predicted octanol–water partition coefficient (Wildman–Crippen LogP) is 2.61. The maximum Gasteiger partial charge on any atom is 0.246 e. The summed E-state index contributed by atoms with van der Waals surface area (Å²) in [5.41, 5.74) is 0. The average Bonchev–Trinajstić information content (AvgIpc) is 0.987. The van der Waals surface area contributed by atoms with E-state index < -0.39 is 162 Å². The van der Waals surface area contributed by atoms with Crippen molar-refractivity contribution in [3.8, 4) is 0 Å². The molecule has 0 spiro atoms. The minimum atomic E-state index is -1.65. The van der Waals surface area contributed by atoms with Crippen LogP contribution < -0.4 is 21.3 Å². The Morgan fingerprint density at radius 2 is 1.00 bits per heavy atom. The van der Waals surface area contributed by atoms with Crippen molar-refractivity contribution in [3.05, 3.63) is 12.2 Å². The molecule has 1 fully saturated rings. The summed E-state index contributed by atoms with van der Waals surface area (Å²) >= 11 is 0. The maximum atomic E-state index is 15.2. The molecule has 0 aromatic carbocycles. The van der Waals surface area contributed by atoms with Gasteiger partial charge in [0.2, 0.25) is 65.0 Å². The van der Waals surface area contributed by atoms with Crippen LogP contribution in [0.1, 0.15) is 156 Å². The summed E-state index contributed by atoms with van der Waals surface area (Å²) in [7, 11) is 9.69. The lowest BCUT2D eigenvalue weighted by atomic mass is 9.91. The van der Waals surface area contributed by atoms with E-state index in [9.17, 15) is 53.1 Å². The first-order chi connectivity index (χ1) is 41.3. The van der Waals surface area contributed by atoms with Gasteiger partial charge in [-0.15, -0.1) is 0 Å². The molecule has 13 atom stereocenters. The average molecular weight is 1260 g/mol. The van der Waals surface area contributed by atoms with Crippen molar-refractivity contribution in [1.29, 1.82) is 0 Å². The Bertz CT molecular complexity index is 2440. The van der Waals surface area contributed by atoms with E-state index in [1.165, 1.54) is 89.7 Å². The molecule has 25 nitrogen and oxygen atoms in total. The van der Waals surface area contributed by atoms with E-state index in [4.69, 9.17) is 4.74 Å². The number of ether oxygens (including phenoxy) is 1. The molecular weight excluding hydrogens is 1150 g/mol. The van der Waals surface area contributed by atoms with E-state index in [2.05, 4.69) is 21.3 Å². The number of aliphatic hydroxyl groups excluding tert-OH is 1. The Morgan fingerprint density at radius 1 is 0.528 bits per heavy atom. The first kappa shape index (κ1) is 80.5. The van der Waals surface area contributed by atoms with Crippen LogP contribution in [0.15, 0.2) is 12.2 Å². The van der Waals surface area contributed by atoms with Crippen LogP contribution in [0, 0.1) is 35.5 Å². The lowest BCUT2D eigenvalue weighted by Crippen LogP contribution is -2.63. The third kappa shape index (κ3) is 23.0. The lowest BCUT2D eigenvalue weighted by Gasteiger charge is -2.41. The van der Waals surface area contributed by atoms with E-state index in [1.807, 2.05) is 41.5 Å². The minimum absolute atomic E-state index is 0.0135. The molecule has 0 bridgehead atoms. The van der Waals surface area contributed by atoms with Crippen LogP contribution in [0.4, 0.5) is 0 Å². The number of aldehydes is 1. The highest BCUT2D eigenvalue weighted by molar-refractivity contribution is 5.99. The molecule has 0 aromatic heterocycles. The van der Waals surface area contributed by atoms with Crippen LogP contribution in [0.25, 0.3) is 0 Å². The lowest BCUT2D eigenvalue weighted by molar-refractivity contribution is -0.157. The Kier molecular flexibility index (Phi) is 34.0. The number of carbonyl (C=O) groups excluding carboxylic acids is 12. The molecular formula is C64H113N11O14.